The molecule has 0 atom stereocenters. The van der Waals surface area contributed by atoms with E-state index in [9.17, 15) is 26.0 Å². The Kier molecular flexibility index (Phi) is 6.52. The molecule has 0 aliphatic heterocycles. The van der Waals surface area contributed by atoms with Crippen molar-refractivity contribution in [3.63, 3.8) is 0 Å². The summed E-state index contributed by atoms with van der Waals surface area (Å²) in [5.41, 5.74) is 0.781. The normalized spacial score (nSPS) is 11.8. The van der Waals surface area contributed by atoms with E-state index in [2.05, 4.69) is 14.8 Å². The molecule has 27 heavy (non-hydrogen) atoms. The van der Waals surface area contributed by atoms with Crippen LogP contribution in [0.1, 0.15) is 6.42 Å². The van der Waals surface area contributed by atoms with Gasteiger partial charge in [0.25, 0.3) is 0 Å². The van der Waals surface area contributed by atoms with Gasteiger partial charge in [-0.25, -0.2) is 25.9 Å². The summed E-state index contributed by atoms with van der Waals surface area (Å²) in [6.07, 6.45) is 0.902. The first-order valence-corrected chi connectivity index (χ1v) is 11.1. The zero-order valence-electron chi connectivity index (χ0n) is 14.3. The molecule has 8 nitrogen and oxygen atoms in total. The maximum absolute atomic E-state index is 12.8. The first kappa shape index (κ1) is 20.8. The van der Waals surface area contributed by atoms with Gasteiger partial charge in [-0.2, -0.15) is 0 Å². The van der Waals surface area contributed by atoms with E-state index in [0.717, 1.165) is 30.5 Å². The van der Waals surface area contributed by atoms with Crippen molar-refractivity contribution in [1.82, 2.24) is 4.72 Å². The lowest BCUT2D eigenvalue weighted by Crippen LogP contribution is -2.27. The molecule has 2 rings (SSSR count). The van der Waals surface area contributed by atoms with Gasteiger partial charge in [0.1, 0.15) is 5.82 Å². The number of carbonyl (C=O) groups excluding carboxylic acids is 1. The fraction of sp³-hybridized carbons (Fsp3) is 0.188. The molecule has 0 aliphatic carbocycles. The molecule has 0 saturated heterocycles. The minimum absolute atomic E-state index is 0.0988. The summed E-state index contributed by atoms with van der Waals surface area (Å²) in [4.78, 5) is 11.8. The summed E-state index contributed by atoms with van der Waals surface area (Å²) in [6.45, 7) is -0.140. The van der Waals surface area contributed by atoms with Gasteiger partial charge in [-0.3, -0.25) is 9.52 Å². The van der Waals surface area contributed by atoms with Crippen LogP contribution in [0.15, 0.2) is 53.4 Å². The summed E-state index contributed by atoms with van der Waals surface area (Å²) in [5, 5.41) is 2.56. The second-order valence-corrected chi connectivity index (χ2v) is 9.12. The van der Waals surface area contributed by atoms with Crippen LogP contribution in [0.4, 0.5) is 15.8 Å². The van der Waals surface area contributed by atoms with Crippen LogP contribution in [0.5, 0.6) is 0 Å². The van der Waals surface area contributed by atoms with Gasteiger partial charge in [0.15, 0.2) is 0 Å². The lowest BCUT2D eigenvalue weighted by atomic mass is 10.3. The van der Waals surface area contributed by atoms with E-state index in [1.807, 2.05) is 0 Å². The Morgan fingerprint density at radius 2 is 1.48 bits per heavy atom. The van der Waals surface area contributed by atoms with E-state index in [-0.39, 0.29) is 17.9 Å². The molecule has 146 valence electrons. The summed E-state index contributed by atoms with van der Waals surface area (Å²) in [5.74, 6) is -0.980. The van der Waals surface area contributed by atoms with Crippen LogP contribution in [-0.2, 0) is 24.8 Å². The Morgan fingerprint density at radius 3 is 2.04 bits per heavy atom. The highest BCUT2D eigenvalue weighted by molar-refractivity contribution is 7.92. The van der Waals surface area contributed by atoms with Crippen LogP contribution in [0.2, 0.25) is 0 Å². The Labute approximate surface area is 156 Å². The van der Waals surface area contributed by atoms with Gasteiger partial charge in [-0.1, -0.05) is 0 Å². The number of halogens is 1. The fourth-order valence-corrected chi connectivity index (χ4v) is 3.65. The van der Waals surface area contributed by atoms with Gasteiger partial charge in [0.2, 0.25) is 26.0 Å². The third-order valence-corrected chi connectivity index (χ3v) is 5.32. The summed E-state index contributed by atoms with van der Waals surface area (Å²) < 4.78 is 63.7. The second-order valence-electron chi connectivity index (χ2n) is 5.60. The predicted molar refractivity (Wildman–Crippen MR) is 99.7 cm³/mol. The monoisotopic (exact) mass is 415 g/mol. The highest BCUT2D eigenvalue weighted by Crippen LogP contribution is 2.15. The van der Waals surface area contributed by atoms with Crippen LogP contribution in [0, 0.1) is 5.82 Å². The van der Waals surface area contributed by atoms with Gasteiger partial charge in [-0.15, -0.1) is 0 Å². The Bertz CT molecular complexity index is 1010. The molecule has 0 spiro atoms. The zero-order chi connectivity index (χ0) is 20.1. The Balaban J connectivity index is 1.84. The molecular formula is C16H18FN3O5S2. The molecule has 3 N–H and O–H groups in total. The number of hydrogen-bond acceptors (Lipinski definition) is 5. The average molecular weight is 415 g/mol. The molecule has 2 aromatic carbocycles. The molecule has 0 aromatic heterocycles. The number of carbonyl (C=O) groups is 1. The number of anilines is 2. The zero-order valence-corrected chi connectivity index (χ0v) is 15.9. The molecular weight excluding hydrogens is 397 g/mol. The molecule has 0 heterocycles. The second kappa shape index (κ2) is 8.46. The summed E-state index contributed by atoms with van der Waals surface area (Å²) in [7, 11) is -7.22. The number of rotatable bonds is 8. The number of nitrogens with one attached hydrogen (secondary N) is 3. The quantitative estimate of drug-likeness (QED) is 0.603. The number of amides is 1. The molecule has 1 amide bonds. The van der Waals surface area contributed by atoms with E-state index in [1.165, 1.54) is 24.3 Å². The van der Waals surface area contributed by atoms with Crippen molar-refractivity contribution in [1.29, 1.82) is 0 Å². The molecule has 0 bridgehead atoms. The van der Waals surface area contributed by atoms with Crippen LogP contribution in [-0.4, -0.2) is 35.5 Å². The molecule has 11 heteroatoms. The largest absolute Gasteiger partial charge is 0.326 e. The van der Waals surface area contributed by atoms with Crippen molar-refractivity contribution < 1.29 is 26.0 Å². The minimum Gasteiger partial charge on any atom is -0.326 e. The lowest BCUT2D eigenvalue weighted by Gasteiger charge is -2.09. The Morgan fingerprint density at radius 1 is 0.926 bits per heavy atom. The van der Waals surface area contributed by atoms with Crippen molar-refractivity contribution in [2.75, 3.05) is 22.8 Å². The maximum atomic E-state index is 12.8. The van der Waals surface area contributed by atoms with Gasteiger partial charge in [0, 0.05) is 24.3 Å². The van der Waals surface area contributed by atoms with Gasteiger partial charge in [0.05, 0.1) is 11.2 Å². The highest BCUT2D eigenvalue weighted by Gasteiger charge is 2.14. The van der Waals surface area contributed by atoms with E-state index >= 15 is 0 Å². The van der Waals surface area contributed by atoms with Crippen LogP contribution in [0.25, 0.3) is 0 Å². The van der Waals surface area contributed by atoms with Crippen molar-refractivity contribution in [3.05, 3.63) is 54.3 Å². The first-order chi connectivity index (χ1) is 12.5. The molecule has 0 radical (unpaired) electrons. The van der Waals surface area contributed by atoms with Crippen molar-refractivity contribution in [2.45, 2.75) is 11.3 Å². The van der Waals surface area contributed by atoms with Gasteiger partial charge >= 0.3 is 0 Å². The van der Waals surface area contributed by atoms with Gasteiger partial charge < -0.3 is 5.32 Å². The molecule has 0 unspecified atom stereocenters. The van der Waals surface area contributed by atoms with E-state index in [1.54, 1.807) is 0 Å². The molecule has 0 aliphatic rings. The minimum atomic E-state index is -3.83. The molecule has 2 aromatic rings. The van der Waals surface area contributed by atoms with E-state index in [4.69, 9.17) is 0 Å². The van der Waals surface area contributed by atoms with E-state index in [0.29, 0.717) is 11.4 Å². The standard InChI is InChI=1S/C16H18FN3O5S2/c1-26(22,23)20-14-6-4-13(5-7-14)19-16(21)10-11-18-27(24,25)15-8-2-12(17)3-9-15/h2-9,18,20H,10-11H2,1H3,(H,19,21). The van der Waals surface area contributed by atoms with Crippen LogP contribution in [0.3, 0.4) is 0 Å². The highest BCUT2D eigenvalue weighted by atomic mass is 32.2. The number of hydrogen-bond donors (Lipinski definition) is 3. The fourth-order valence-electron chi connectivity index (χ4n) is 2.06. The topological polar surface area (TPSA) is 121 Å². The predicted octanol–water partition coefficient (Wildman–Crippen LogP) is 1.50. The number of benzene rings is 2. The lowest BCUT2D eigenvalue weighted by molar-refractivity contribution is -0.116. The third-order valence-electron chi connectivity index (χ3n) is 3.24. The SMILES string of the molecule is CS(=O)(=O)Nc1ccc(NC(=O)CCNS(=O)(=O)c2ccc(F)cc2)cc1. The first-order valence-electron chi connectivity index (χ1n) is 7.68. The van der Waals surface area contributed by atoms with Crippen LogP contribution >= 0.6 is 0 Å². The van der Waals surface area contributed by atoms with E-state index < -0.39 is 31.8 Å². The van der Waals surface area contributed by atoms with Crippen molar-refractivity contribution in [2.24, 2.45) is 0 Å². The van der Waals surface area contributed by atoms with Gasteiger partial charge in [-0.05, 0) is 48.5 Å². The third kappa shape index (κ3) is 6.96. The summed E-state index contributed by atoms with van der Waals surface area (Å²) >= 11 is 0. The molecule has 0 fully saturated rings. The van der Waals surface area contributed by atoms with Crippen LogP contribution < -0.4 is 14.8 Å². The maximum Gasteiger partial charge on any atom is 0.240 e. The number of sulfonamides is 2. The summed E-state index contributed by atoms with van der Waals surface area (Å²) in [6, 6.07) is 10.3. The smallest absolute Gasteiger partial charge is 0.240 e. The molecule has 0 saturated carbocycles. The van der Waals surface area contributed by atoms with Crippen molar-refractivity contribution in [3.8, 4) is 0 Å². The average Bonchev–Trinajstić information content (AvgIpc) is 2.55. The van der Waals surface area contributed by atoms with Crippen molar-refractivity contribution >= 4 is 37.3 Å². The Hall–Kier alpha value is -2.50.